The molecule has 4 N–H and O–H groups in total. The van der Waals surface area contributed by atoms with Gasteiger partial charge in [0.1, 0.15) is 0 Å². The second-order valence-corrected chi connectivity index (χ2v) is 3.86. The lowest BCUT2D eigenvalue weighted by atomic mass is 10.3. The fraction of sp³-hybridized carbons (Fsp3) is 0. The molecule has 0 atom stereocenters. The maximum atomic E-state index is 11.4. The van der Waals surface area contributed by atoms with Gasteiger partial charge in [0, 0.05) is 0 Å². The normalized spacial score (nSPS) is 10.1. The second-order valence-electron chi connectivity index (χ2n) is 2.83. The fourth-order valence-corrected chi connectivity index (χ4v) is 1.98. The van der Waals surface area contributed by atoms with Crippen LogP contribution in [-0.2, 0) is 0 Å². The number of thiazole rings is 1. The first-order valence-electron chi connectivity index (χ1n) is 4.16. The van der Waals surface area contributed by atoms with Crippen LogP contribution in [0.4, 0.5) is 0 Å². The van der Waals surface area contributed by atoms with Crippen LogP contribution >= 0.6 is 11.3 Å². The number of para-hydroxylation sites is 1. The van der Waals surface area contributed by atoms with Gasteiger partial charge in [-0.05, 0) is 12.1 Å². The van der Waals surface area contributed by atoms with E-state index in [-0.39, 0.29) is 5.96 Å². The van der Waals surface area contributed by atoms with E-state index in [9.17, 15) is 4.79 Å². The molecule has 1 amide bonds. The molecule has 0 unspecified atom stereocenters. The predicted molar refractivity (Wildman–Crippen MR) is 59.8 cm³/mol. The van der Waals surface area contributed by atoms with Gasteiger partial charge in [-0.1, -0.05) is 12.1 Å². The Hall–Kier alpha value is -1.95. The Morgan fingerprint density at radius 3 is 2.73 bits per heavy atom. The van der Waals surface area contributed by atoms with Crippen molar-refractivity contribution in [3.8, 4) is 0 Å². The Balaban J connectivity index is 2.45. The van der Waals surface area contributed by atoms with Crippen molar-refractivity contribution in [1.29, 1.82) is 0 Å². The maximum Gasteiger partial charge on any atom is 0.309 e. The third-order valence-electron chi connectivity index (χ3n) is 1.71. The molecular formula is C9H8N4OS. The lowest BCUT2D eigenvalue weighted by Crippen LogP contribution is -2.24. The van der Waals surface area contributed by atoms with Crippen molar-refractivity contribution in [2.75, 3.05) is 0 Å². The molecule has 0 aliphatic rings. The van der Waals surface area contributed by atoms with E-state index in [1.54, 1.807) is 0 Å². The molecule has 0 saturated heterocycles. The van der Waals surface area contributed by atoms with E-state index in [0.29, 0.717) is 5.01 Å². The summed E-state index contributed by atoms with van der Waals surface area (Å²) in [6.45, 7) is 0. The summed E-state index contributed by atoms with van der Waals surface area (Å²) in [5.74, 6) is -0.754. The topological polar surface area (TPSA) is 94.4 Å². The third-order valence-corrected chi connectivity index (χ3v) is 2.73. The molecule has 0 aliphatic carbocycles. The van der Waals surface area contributed by atoms with E-state index < -0.39 is 5.91 Å². The number of nitrogens with two attached hydrogens (primary N) is 2. The molecule has 1 aromatic heterocycles. The van der Waals surface area contributed by atoms with Crippen molar-refractivity contribution in [3.63, 3.8) is 0 Å². The molecule has 0 saturated carbocycles. The number of guanidine groups is 1. The van der Waals surface area contributed by atoms with Gasteiger partial charge in [-0.3, -0.25) is 4.79 Å². The summed E-state index contributed by atoms with van der Waals surface area (Å²) in [6, 6.07) is 7.46. The van der Waals surface area contributed by atoms with Crippen LogP contribution in [-0.4, -0.2) is 16.9 Å². The molecule has 0 fully saturated rings. The minimum atomic E-state index is -0.504. The molecule has 1 heterocycles. The minimum Gasteiger partial charge on any atom is -0.370 e. The van der Waals surface area contributed by atoms with Crippen molar-refractivity contribution in [2.45, 2.75) is 0 Å². The highest BCUT2D eigenvalue weighted by Crippen LogP contribution is 2.21. The number of aliphatic imine (C=N–C) groups is 1. The third kappa shape index (κ3) is 1.94. The Morgan fingerprint density at radius 2 is 2.07 bits per heavy atom. The Morgan fingerprint density at radius 1 is 1.33 bits per heavy atom. The van der Waals surface area contributed by atoms with Crippen LogP contribution in [0.1, 0.15) is 9.80 Å². The molecule has 15 heavy (non-hydrogen) atoms. The predicted octanol–water partition coefficient (Wildman–Crippen LogP) is 0.710. The molecule has 5 nitrogen and oxygen atoms in total. The van der Waals surface area contributed by atoms with Crippen LogP contribution in [0.5, 0.6) is 0 Å². The van der Waals surface area contributed by atoms with Crippen molar-refractivity contribution in [2.24, 2.45) is 16.5 Å². The van der Waals surface area contributed by atoms with Crippen molar-refractivity contribution in [3.05, 3.63) is 29.3 Å². The van der Waals surface area contributed by atoms with Crippen LogP contribution in [0.15, 0.2) is 29.3 Å². The minimum absolute atomic E-state index is 0.251. The van der Waals surface area contributed by atoms with Crippen molar-refractivity contribution >= 4 is 33.4 Å². The number of aromatic nitrogens is 1. The Kier molecular flexibility index (Phi) is 2.34. The summed E-state index contributed by atoms with van der Waals surface area (Å²) in [4.78, 5) is 19.0. The highest BCUT2D eigenvalue weighted by molar-refractivity contribution is 7.20. The molecule has 6 heteroatoms. The van der Waals surface area contributed by atoms with Gasteiger partial charge in [0.15, 0.2) is 11.0 Å². The van der Waals surface area contributed by atoms with Gasteiger partial charge < -0.3 is 11.5 Å². The molecule has 0 bridgehead atoms. The molecular weight excluding hydrogens is 212 g/mol. The van der Waals surface area contributed by atoms with E-state index in [2.05, 4.69) is 9.98 Å². The number of fused-ring (bicyclic) bond motifs is 1. The van der Waals surface area contributed by atoms with Crippen LogP contribution in [0.3, 0.4) is 0 Å². The summed E-state index contributed by atoms with van der Waals surface area (Å²) in [5, 5.41) is 0.296. The maximum absolute atomic E-state index is 11.4. The number of hydrogen-bond donors (Lipinski definition) is 2. The second kappa shape index (κ2) is 3.66. The number of rotatable bonds is 1. The molecule has 2 aromatic rings. The van der Waals surface area contributed by atoms with Gasteiger partial charge in [0.2, 0.25) is 0 Å². The van der Waals surface area contributed by atoms with E-state index in [1.165, 1.54) is 11.3 Å². The van der Waals surface area contributed by atoms with E-state index in [0.717, 1.165) is 10.2 Å². The zero-order valence-corrected chi connectivity index (χ0v) is 8.49. The number of hydrogen-bond acceptors (Lipinski definition) is 3. The smallest absolute Gasteiger partial charge is 0.309 e. The molecule has 0 radical (unpaired) electrons. The lowest BCUT2D eigenvalue weighted by Gasteiger charge is -1.87. The first kappa shape index (κ1) is 9.60. The van der Waals surface area contributed by atoms with E-state index in [1.807, 2.05) is 24.3 Å². The Labute approximate surface area is 89.4 Å². The van der Waals surface area contributed by atoms with Crippen LogP contribution < -0.4 is 11.5 Å². The Bertz CT molecular complexity index is 509. The molecule has 76 valence electrons. The van der Waals surface area contributed by atoms with Gasteiger partial charge >= 0.3 is 5.91 Å². The molecule has 1 aromatic carbocycles. The number of nitrogens with zero attached hydrogens (tertiary/aromatic N) is 2. The molecule has 0 spiro atoms. The highest BCUT2D eigenvalue weighted by atomic mass is 32.1. The zero-order valence-electron chi connectivity index (χ0n) is 7.68. The number of amides is 1. The average molecular weight is 220 g/mol. The van der Waals surface area contributed by atoms with E-state index in [4.69, 9.17) is 11.5 Å². The van der Waals surface area contributed by atoms with Crippen molar-refractivity contribution in [1.82, 2.24) is 4.98 Å². The first-order valence-corrected chi connectivity index (χ1v) is 4.98. The molecule has 0 aliphatic heterocycles. The van der Waals surface area contributed by atoms with E-state index >= 15 is 0 Å². The first-order chi connectivity index (χ1) is 7.16. The zero-order chi connectivity index (χ0) is 10.8. The highest BCUT2D eigenvalue weighted by Gasteiger charge is 2.10. The summed E-state index contributed by atoms with van der Waals surface area (Å²) >= 11 is 1.27. The monoisotopic (exact) mass is 220 g/mol. The largest absolute Gasteiger partial charge is 0.370 e. The summed E-state index contributed by atoms with van der Waals surface area (Å²) in [5.41, 5.74) is 11.0. The number of carbonyl (C=O) groups excluding carboxylic acids is 1. The average Bonchev–Trinajstić information content (AvgIpc) is 2.59. The van der Waals surface area contributed by atoms with Crippen molar-refractivity contribution < 1.29 is 4.79 Å². The summed E-state index contributed by atoms with van der Waals surface area (Å²) in [6.07, 6.45) is 0. The summed E-state index contributed by atoms with van der Waals surface area (Å²) in [7, 11) is 0. The van der Waals surface area contributed by atoms with Gasteiger partial charge in [-0.25, -0.2) is 4.98 Å². The number of carbonyl (C=O) groups is 1. The number of benzene rings is 1. The SMILES string of the molecule is NC(N)=NC(=O)c1nc2ccccc2s1. The lowest BCUT2D eigenvalue weighted by molar-refractivity contribution is 0.100. The van der Waals surface area contributed by atoms with Gasteiger partial charge in [-0.2, -0.15) is 4.99 Å². The van der Waals surface area contributed by atoms with Crippen LogP contribution in [0.25, 0.3) is 10.2 Å². The quantitative estimate of drug-likeness (QED) is 0.546. The van der Waals surface area contributed by atoms with Crippen LogP contribution in [0.2, 0.25) is 0 Å². The van der Waals surface area contributed by atoms with Crippen LogP contribution in [0, 0.1) is 0 Å². The molecule has 2 rings (SSSR count). The van der Waals surface area contributed by atoms with Gasteiger partial charge in [0.05, 0.1) is 10.2 Å². The van der Waals surface area contributed by atoms with Gasteiger partial charge in [-0.15, -0.1) is 11.3 Å². The van der Waals surface area contributed by atoms with Gasteiger partial charge in [0.25, 0.3) is 0 Å². The standard InChI is InChI=1S/C9H8N4OS/c10-9(11)13-7(14)8-12-5-3-1-2-4-6(5)15-8/h1-4H,(H4,10,11,13,14). The summed E-state index contributed by atoms with van der Waals surface area (Å²) < 4.78 is 0.937. The fourth-order valence-electron chi connectivity index (χ4n) is 1.13.